The minimum absolute atomic E-state index is 0.222. The maximum Gasteiger partial charge on any atom is 0.0558 e. The summed E-state index contributed by atoms with van der Waals surface area (Å²) >= 11 is 3.49. The maximum absolute atomic E-state index is 9.38. The van der Waals surface area contributed by atoms with Gasteiger partial charge in [-0.3, -0.25) is 4.90 Å². The Bertz CT molecular complexity index is 390. The van der Waals surface area contributed by atoms with Crippen LogP contribution in [0.15, 0.2) is 28.7 Å². The van der Waals surface area contributed by atoms with E-state index in [0.717, 1.165) is 30.5 Å². The molecule has 2 unspecified atom stereocenters. The first kappa shape index (κ1) is 16.0. The SMILES string of the molecule is CCC(c1ccc(Br)cc1)N(CCO)CC1CCCN1. The van der Waals surface area contributed by atoms with Gasteiger partial charge in [-0.2, -0.15) is 0 Å². The van der Waals surface area contributed by atoms with Crippen LogP contribution >= 0.6 is 15.9 Å². The Balaban J connectivity index is 2.08. The largest absolute Gasteiger partial charge is 0.395 e. The van der Waals surface area contributed by atoms with E-state index in [4.69, 9.17) is 0 Å². The quantitative estimate of drug-likeness (QED) is 0.800. The molecule has 112 valence electrons. The van der Waals surface area contributed by atoms with Crippen LogP contribution in [0, 0.1) is 0 Å². The summed E-state index contributed by atoms with van der Waals surface area (Å²) in [4.78, 5) is 2.42. The molecule has 1 aliphatic heterocycles. The van der Waals surface area contributed by atoms with E-state index < -0.39 is 0 Å². The van der Waals surface area contributed by atoms with Crippen LogP contribution in [-0.2, 0) is 0 Å². The first-order chi connectivity index (χ1) is 9.74. The maximum atomic E-state index is 9.38. The van der Waals surface area contributed by atoms with Crippen molar-refractivity contribution in [1.82, 2.24) is 10.2 Å². The van der Waals surface area contributed by atoms with Gasteiger partial charge in [0.1, 0.15) is 0 Å². The third kappa shape index (κ3) is 4.29. The van der Waals surface area contributed by atoms with Gasteiger partial charge in [0.25, 0.3) is 0 Å². The molecule has 2 atom stereocenters. The molecule has 1 saturated heterocycles. The molecule has 1 heterocycles. The van der Waals surface area contributed by atoms with E-state index >= 15 is 0 Å². The van der Waals surface area contributed by atoms with Crippen LogP contribution in [0.1, 0.15) is 37.8 Å². The van der Waals surface area contributed by atoms with Crippen molar-refractivity contribution in [3.63, 3.8) is 0 Å². The molecule has 0 amide bonds. The molecule has 0 spiro atoms. The number of benzene rings is 1. The monoisotopic (exact) mass is 340 g/mol. The zero-order valence-corrected chi connectivity index (χ0v) is 13.8. The molecule has 20 heavy (non-hydrogen) atoms. The summed E-state index contributed by atoms with van der Waals surface area (Å²) in [6.07, 6.45) is 3.58. The minimum atomic E-state index is 0.222. The van der Waals surface area contributed by atoms with Gasteiger partial charge in [-0.05, 0) is 43.5 Å². The Labute approximate surface area is 130 Å². The van der Waals surface area contributed by atoms with E-state index in [9.17, 15) is 5.11 Å². The molecular formula is C16H25BrN2O. The van der Waals surface area contributed by atoms with Crippen LogP contribution in [-0.4, -0.2) is 42.3 Å². The fourth-order valence-corrected chi connectivity index (χ4v) is 3.35. The molecular weight excluding hydrogens is 316 g/mol. The van der Waals surface area contributed by atoms with Crippen LogP contribution in [0.4, 0.5) is 0 Å². The highest BCUT2D eigenvalue weighted by Crippen LogP contribution is 2.26. The Morgan fingerprint density at radius 2 is 2.15 bits per heavy atom. The molecule has 1 aromatic rings. The van der Waals surface area contributed by atoms with Gasteiger partial charge in [0, 0.05) is 29.6 Å². The summed E-state index contributed by atoms with van der Waals surface area (Å²) in [5.74, 6) is 0. The van der Waals surface area contributed by atoms with E-state index in [1.165, 1.54) is 18.4 Å². The molecule has 4 heteroatoms. The average Bonchev–Trinajstić information content (AvgIpc) is 2.95. The molecule has 0 saturated carbocycles. The van der Waals surface area contributed by atoms with E-state index in [1.807, 2.05) is 0 Å². The van der Waals surface area contributed by atoms with Gasteiger partial charge in [-0.25, -0.2) is 0 Å². The van der Waals surface area contributed by atoms with Crippen molar-refractivity contribution in [2.75, 3.05) is 26.2 Å². The summed E-state index contributed by atoms with van der Waals surface area (Å²) < 4.78 is 1.11. The van der Waals surface area contributed by atoms with Crippen LogP contribution in [0.25, 0.3) is 0 Å². The van der Waals surface area contributed by atoms with Crippen molar-refractivity contribution in [1.29, 1.82) is 0 Å². The van der Waals surface area contributed by atoms with Crippen LogP contribution in [0.3, 0.4) is 0 Å². The second-order valence-electron chi connectivity index (χ2n) is 5.49. The highest BCUT2D eigenvalue weighted by Gasteiger charge is 2.23. The smallest absolute Gasteiger partial charge is 0.0558 e. The van der Waals surface area contributed by atoms with Crippen LogP contribution in [0.5, 0.6) is 0 Å². The number of hydrogen-bond acceptors (Lipinski definition) is 3. The van der Waals surface area contributed by atoms with Gasteiger partial charge in [-0.1, -0.05) is 35.0 Å². The first-order valence-electron chi connectivity index (χ1n) is 7.58. The van der Waals surface area contributed by atoms with Crippen LogP contribution < -0.4 is 5.32 Å². The van der Waals surface area contributed by atoms with Crippen molar-refractivity contribution in [2.24, 2.45) is 0 Å². The molecule has 0 aliphatic carbocycles. The lowest BCUT2D eigenvalue weighted by Crippen LogP contribution is -2.41. The number of nitrogens with one attached hydrogen (secondary N) is 1. The molecule has 2 rings (SSSR count). The predicted molar refractivity (Wildman–Crippen MR) is 86.9 cm³/mol. The molecule has 3 nitrogen and oxygen atoms in total. The topological polar surface area (TPSA) is 35.5 Å². The standard InChI is InChI=1S/C16H25BrN2O/c1-2-16(13-5-7-14(17)8-6-13)19(10-11-20)12-15-4-3-9-18-15/h5-8,15-16,18,20H,2-4,9-12H2,1H3. The second-order valence-corrected chi connectivity index (χ2v) is 6.40. The highest BCUT2D eigenvalue weighted by atomic mass is 79.9. The third-order valence-corrected chi connectivity index (χ3v) is 4.62. The molecule has 0 aromatic heterocycles. The van der Waals surface area contributed by atoms with Gasteiger partial charge in [0.05, 0.1) is 6.61 Å². The number of halogens is 1. The Hall–Kier alpha value is -0.420. The van der Waals surface area contributed by atoms with Gasteiger partial charge in [-0.15, -0.1) is 0 Å². The Kier molecular flexibility index (Phi) is 6.49. The normalized spacial score (nSPS) is 20.5. The average molecular weight is 341 g/mol. The first-order valence-corrected chi connectivity index (χ1v) is 8.37. The van der Waals surface area contributed by atoms with E-state index in [2.05, 4.69) is 57.3 Å². The van der Waals surface area contributed by atoms with Gasteiger partial charge in [0.2, 0.25) is 0 Å². The molecule has 1 aromatic carbocycles. The molecule has 1 aliphatic rings. The van der Waals surface area contributed by atoms with Gasteiger partial charge < -0.3 is 10.4 Å². The molecule has 0 radical (unpaired) electrons. The van der Waals surface area contributed by atoms with E-state index in [-0.39, 0.29) is 6.61 Å². The molecule has 1 fully saturated rings. The van der Waals surface area contributed by atoms with Crippen LogP contribution in [0.2, 0.25) is 0 Å². The summed E-state index contributed by atoms with van der Waals surface area (Å²) in [5, 5.41) is 12.9. The highest BCUT2D eigenvalue weighted by molar-refractivity contribution is 9.10. The van der Waals surface area contributed by atoms with Crippen molar-refractivity contribution in [3.8, 4) is 0 Å². The van der Waals surface area contributed by atoms with Crippen molar-refractivity contribution < 1.29 is 5.11 Å². The van der Waals surface area contributed by atoms with E-state index in [0.29, 0.717) is 12.1 Å². The summed E-state index contributed by atoms with van der Waals surface area (Å²) in [5.41, 5.74) is 1.34. The fourth-order valence-electron chi connectivity index (χ4n) is 3.09. The number of aliphatic hydroxyl groups is 1. The Morgan fingerprint density at radius 3 is 2.70 bits per heavy atom. The third-order valence-electron chi connectivity index (χ3n) is 4.09. The van der Waals surface area contributed by atoms with Gasteiger partial charge >= 0.3 is 0 Å². The lowest BCUT2D eigenvalue weighted by molar-refractivity contribution is 0.136. The summed E-state index contributed by atoms with van der Waals surface area (Å²) in [7, 11) is 0. The number of nitrogens with zero attached hydrogens (tertiary/aromatic N) is 1. The number of rotatable bonds is 7. The Morgan fingerprint density at radius 1 is 1.40 bits per heavy atom. The molecule has 0 bridgehead atoms. The summed E-state index contributed by atoms with van der Waals surface area (Å²) in [6, 6.07) is 9.53. The predicted octanol–water partition coefficient (Wildman–Crippen LogP) is 2.95. The fraction of sp³-hybridized carbons (Fsp3) is 0.625. The van der Waals surface area contributed by atoms with E-state index in [1.54, 1.807) is 0 Å². The number of aliphatic hydroxyl groups excluding tert-OH is 1. The zero-order valence-electron chi connectivity index (χ0n) is 12.2. The lowest BCUT2D eigenvalue weighted by Gasteiger charge is -2.33. The number of hydrogen-bond donors (Lipinski definition) is 2. The van der Waals surface area contributed by atoms with Gasteiger partial charge in [0.15, 0.2) is 0 Å². The van der Waals surface area contributed by atoms with Crippen molar-refractivity contribution >= 4 is 15.9 Å². The summed E-state index contributed by atoms with van der Waals surface area (Å²) in [6.45, 7) is 5.34. The van der Waals surface area contributed by atoms with Crippen molar-refractivity contribution in [3.05, 3.63) is 34.3 Å². The van der Waals surface area contributed by atoms with Crippen molar-refractivity contribution in [2.45, 2.75) is 38.3 Å². The minimum Gasteiger partial charge on any atom is -0.395 e. The lowest BCUT2D eigenvalue weighted by atomic mass is 10.0. The molecule has 2 N–H and O–H groups in total. The zero-order chi connectivity index (χ0) is 14.4. The second kappa shape index (κ2) is 8.13.